The fourth-order valence-electron chi connectivity index (χ4n) is 1.27. The molecule has 1 aromatic carbocycles. The van der Waals surface area contributed by atoms with E-state index in [-0.39, 0.29) is 25.5 Å². The molecule has 0 unspecified atom stereocenters. The van der Waals surface area contributed by atoms with Crippen molar-refractivity contribution in [2.45, 2.75) is 0 Å². The van der Waals surface area contributed by atoms with Gasteiger partial charge in [-0.2, -0.15) is 0 Å². The number of aromatic carboxylic acids is 1. The zero-order chi connectivity index (χ0) is 15.0. The Kier molecular flexibility index (Phi) is 6.02. The second-order valence-electron chi connectivity index (χ2n) is 3.61. The number of benzene rings is 1. The zero-order valence-electron chi connectivity index (χ0n) is 10.6. The van der Waals surface area contributed by atoms with E-state index in [0.717, 1.165) is 12.1 Å². The monoisotopic (exact) mass is 283 g/mol. The van der Waals surface area contributed by atoms with E-state index in [0.29, 0.717) is 0 Å². The maximum absolute atomic E-state index is 13.1. The number of carboxylic acid groups (broad SMARTS) is 1. The van der Waals surface area contributed by atoms with Crippen molar-refractivity contribution in [2.24, 2.45) is 0 Å². The van der Waals surface area contributed by atoms with E-state index in [1.807, 2.05) is 0 Å². The van der Waals surface area contributed by atoms with Crippen molar-refractivity contribution in [1.82, 2.24) is 5.32 Å². The average Bonchev–Trinajstić information content (AvgIpc) is 2.42. The molecule has 20 heavy (non-hydrogen) atoms. The van der Waals surface area contributed by atoms with Crippen molar-refractivity contribution in [2.75, 3.05) is 19.8 Å². The molecule has 0 spiro atoms. The molecule has 2 N–H and O–H groups in total. The summed E-state index contributed by atoms with van der Waals surface area (Å²) in [5.74, 6) is -2.01. The van der Waals surface area contributed by atoms with Crippen LogP contribution in [0.25, 0.3) is 0 Å². The minimum Gasteiger partial charge on any atom is -0.492 e. The second-order valence-corrected chi connectivity index (χ2v) is 3.61. The van der Waals surface area contributed by atoms with Crippen LogP contribution < -0.4 is 10.1 Å². The number of halogens is 1. The van der Waals surface area contributed by atoms with Crippen LogP contribution in [0.15, 0.2) is 30.9 Å². The predicted molar refractivity (Wildman–Crippen MR) is 68.4 cm³/mol. The molecule has 1 aromatic rings. The van der Waals surface area contributed by atoms with E-state index in [1.165, 1.54) is 12.1 Å². The van der Waals surface area contributed by atoms with Crippen molar-refractivity contribution in [1.29, 1.82) is 0 Å². The van der Waals surface area contributed by atoms with Crippen LogP contribution in [-0.2, 0) is 4.74 Å². The van der Waals surface area contributed by atoms with Crippen molar-refractivity contribution >= 4 is 12.1 Å². The van der Waals surface area contributed by atoms with Gasteiger partial charge in [0.1, 0.15) is 24.8 Å². The fourth-order valence-corrected chi connectivity index (χ4v) is 1.27. The van der Waals surface area contributed by atoms with Crippen LogP contribution in [0.5, 0.6) is 5.75 Å². The third kappa shape index (κ3) is 4.97. The molecule has 0 aromatic heterocycles. The van der Waals surface area contributed by atoms with Gasteiger partial charge >= 0.3 is 12.1 Å². The number of ether oxygens (including phenoxy) is 2. The lowest BCUT2D eigenvalue weighted by Gasteiger charge is -2.08. The van der Waals surface area contributed by atoms with Gasteiger partial charge in [-0.05, 0) is 18.2 Å². The molecular formula is C13H14FNO5. The summed E-state index contributed by atoms with van der Waals surface area (Å²) in [6, 6.07) is 3.38. The van der Waals surface area contributed by atoms with Crippen LogP contribution in [0.3, 0.4) is 0 Å². The highest BCUT2D eigenvalue weighted by atomic mass is 19.1. The molecule has 0 aliphatic rings. The molecule has 0 bridgehead atoms. The van der Waals surface area contributed by atoms with Gasteiger partial charge in [-0.3, -0.25) is 0 Å². The molecule has 7 heteroatoms. The second kappa shape index (κ2) is 7.78. The van der Waals surface area contributed by atoms with Gasteiger partial charge in [-0.25, -0.2) is 14.0 Å². The number of carbonyl (C=O) groups excluding carboxylic acids is 1. The molecule has 0 heterocycles. The molecular weight excluding hydrogens is 269 g/mol. The highest BCUT2D eigenvalue weighted by Crippen LogP contribution is 2.16. The maximum atomic E-state index is 13.1. The maximum Gasteiger partial charge on any atom is 0.407 e. The highest BCUT2D eigenvalue weighted by molar-refractivity contribution is 5.88. The van der Waals surface area contributed by atoms with Crippen LogP contribution >= 0.6 is 0 Å². The molecule has 0 atom stereocenters. The first-order chi connectivity index (χ1) is 9.54. The quantitative estimate of drug-likeness (QED) is 0.589. The SMILES string of the molecule is C=CCOC(=O)NCCOc1ccc(F)c(C(=O)O)c1. The third-order valence-electron chi connectivity index (χ3n) is 2.14. The Labute approximate surface area is 114 Å². The van der Waals surface area contributed by atoms with E-state index in [2.05, 4.69) is 16.6 Å². The number of amides is 1. The van der Waals surface area contributed by atoms with Crippen molar-refractivity contribution in [3.8, 4) is 5.75 Å². The lowest BCUT2D eigenvalue weighted by atomic mass is 10.2. The Hall–Kier alpha value is -2.57. The smallest absolute Gasteiger partial charge is 0.407 e. The lowest BCUT2D eigenvalue weighted by molar-refractivity contribution is 0.0691. The molecule has 108 valence electrons. The number of carboxylic acids is 1. The first kappa shape index (κ1) is 15.5. The van der Waals surface area contributed by atoms with Crippen LogP contribution in [-0.4, -0.2) is 36.9 Å². The van der Waals surface area contributed by atoms with E-state index in [4.69, 9.17) is 9.84 Å². The first-order valence-electron chi connectivity index (χ1n) is 5.71. The van der Waals surface area contributed by atoms with Crippen LogP contribution in [0.4, 0.5) is 9.18 Å². The number of hydrogen-bond donors (Lipinski definition) is 2. The summed E-state index contributed by atoms with van der Waals surface area (Å²) < 4.78 is 23.0. The summed E-state index contributed by atoms with van der Waals surface area (Å²) in [4.78, 5) is 21.8. The fraction of sp³-hybridized carbons (Fsp3) is 0.231. The van der Waals surface area contributed by atoms with Gasteiger partial charge in [0, 0.05) is 0 Å². The van der Waals surface area contributed by atoms with Crippen LogP contribution in [0.1, 0.15) is 10.4 Å². The Bertz CT molecular complexity index is 504. The van der Waals surface area contributed by atoms with Crippen molar-refractivity contribution in [3.05, 3.63) is 42.2 Å². The molecule has 1 rings (SSSR count). The molecule has 0 saturated heterocycles. The molecule has 0 radical (unpaired) electrons. The summed E-state index contributed by atoms with van der Waals surface area (Å²) in [6.07, 6.45) is 0.820. The number of alkyl carbamates (subject to hydrolysis) is 1. The largest absolute Gasteiger partial charge is 0.492 e. The molecule has 1 amide bonds. The van der Waals surface area contributed by atoms with Crippen LogP contribution in [0, 0.1) is 5.82 Å². The molecule has 0 aliphatic carbocycles. The first-order valence-corrected chi connectivity index (χ1v) is 5.71. The molecule has 0 aliphatic heterocycles. The van der Waals surface area contributed by atoms with Gasteiger partial charge in [0.05, 0.1) is 12.1 Å². The summed E-state index contributed by atoms with van der Waals surface area (Å²) >= 11 is 0. The Balaban J connectivity index is 2.39. The topological polar surface area (TPSA) is 84.9 Å². The van der Waals surface area contributed by atoms with Gasteiger partial charge in [0.25, 0.3) is 0 Å². The number of carbonyl (C=O) groups is 2. The summed E-state index contributed by atoms with van der Waals surface area (Å²) in [6.45, 7) is 3.75. The third-order valence-corrected chi connectivity index (χ3v) is 2.14. The van der Waals surface area contributed by atoms with Crippen LogP contribution in [0.2, 0.25) is 0 Å². The van der Waals surface area contributed by atoms with Crippen molar-refractivity contribution < 1.29 is 28.6 Å². The standard InChI is InChI=1S/C13H14FNO5/c1-2-6-20-13(18)15-5-7-19-9-3-4-11(14)10(8-9)12(16)17/h2-4,8H,1,5-7H2,(H,15,18)(H,16,17). The van der Waals surface area contributed by atoms with E-state index >= 15 is 0 Å². The van der Waals surface area contributed by atoms with E-state index < -0.39 is 23.4 Å². The van der Waals surface area contributed by atoms with Crippen molar-refractivity contribution in [3.63, 3.8) is 0 Å². The normalized spacial score (nSPS) is 9.65. The Morgan fingerprint density at radius 3 is 2.85 bits per heavy atom. The molecule has 0 saturated carbocycles. The molecule has 6 nitrogen and oxygen atoms in total. The van der Waals surface area contributed by atoms with E-state index in [1.54, 1.807) is 0 Å². The van der Waals surface area contributed by atoms with Gasteiger partial charge in [0.15, 0.2) is 0 Å². The number of hydrogen-bond acceptors (Lipinski definition) is 4. The number of nitrogens with one attached hydrogen (secondary N) is 1. The lowest BCUT2D eigenvalue weighted by Crippen LogP contribution is -2.28. The summed E-state index contributed by atoms with van der Waals surface area (Å²) in [5, 5.41) is 11.2. The van der Waals surface area contributed by atoms with Gasteiger partial charge < -0.3 is 19.9 Å². The zero-order valence-corrected chi connectivity index (χ0v) is 10.6. The number of rotatable bonds is 7. The van der Waals surface area contributed by atoms with Gasteiger partial charge in [-0.1, -0.05) is 12.7 Å². The minimum atomic E-state index is -1.38. The Morgan fingerprint density at radius 2 is 2.20 bits per heavy atom. The molecule has 0 fully saturated rings. The minimum absolute atomic E-state index is 0.0912. The summed E-state index contributed by atoms with van der Waals surface area (Å²) in [7, 11) is 0. The predicted octanol–water partition coefficient (Wildman–Crippen LogP) is 1.81. The Morgan fingerprint density at radius 1 is 1.45 bits per heavy atom. The van der Waals surface area contributed by atoms with E-state index in [9.17, 15) is 14.0 Å². The summed E-state index contributed by atoms with van der Waals surface area (Å²) in [5.41, 5.74) is -0.471. The van der Waals surface area contributed by atoms with Gasteiger partial charge in [-0.15, -0.1) is 0 Å². The highest BCUT2D eigenvalue weighted by Gasteiger charge is 2.11. The van der Waals surface area contributed by atoms with Gasteiger partial charge in [0.2, 0.25) is 0 Å². The average molecular weight is 283 g/mol.